The van der Waals surface area contributed by atoms with E-state index in [0.717, 1.165) is 51.9 Å². The maximum atomic E-state index is 13.2. The lowest BCUT2D eigenvalue weighted by atomic mass is 9.33. The van der Waals surface area contributed by atoms with Crippen molar-refractivity contribution in [3.63, 3.8) is 0 Å². The molecule has 0 spiro atoms. The first-order valence-electron chi connectivity index (χ1n) is 19.8. The molecule has 1 N–H and O–H groups in total. The highest BCUT2D eigenvalue weighted by atomic mass is 16.7. The summed E-state index contributed by atoms with van der Waals surface area (Å²) in [6.07, 6.45) is 2.53. The quantitative estimate of drug-likeness (QED) is 0.133. The molecule has 0 aromatic heterocycles. The van der Waals surface area contributed by atoms with E-state index in [1.165, 1.54) is 19.4 Å². The zero-order chi connectivity index (χ0) is 39.1. The summed E-state index contributed by atoms with van der Waals surface area (Å²) in [5, 5.41) is 12.9. The molecule has 5 fully saturated rings. The van der Waals surface area contributed by atoms with Crippen molar-refractivity contribution in [3.8, 4) is 0 Å². The van der Waals surface area contributed by atoms with Crippen LogP contribution in [0.25, 0.3) is 0 Å². The normalized spacial score (nSPS) is 44.7. The van der Waals surface area contributed by atoms with E-state index in [9.17, 15) is 29.1 Å². The van der Waals surface area contributed by atoms with E-state index in [2.05, 4.69) is 54.5 Å². The minimum absolute atomic E-state index is 0.0192. The van der Waals surface area contributed by atoms with Crippen molar-refractivity contribution >= 4 is 30.2 Å². The Morgan fingerprint density at radius 1 is 0.830 bits per heavy atom. The van der Waals surface area contributed by atoms with Crippen LogP contribution in [-0.2, 0) is 47.7 Å². The summed E-state index contributed by atoms with van der Waals surface area (Å²) >= 11 is 0. The van der Waals surface area contributed by atoms with Gasteiger partial charge in [0.05, 0.1) is 6.10 Å². The fourth-order valence-electron chi connectivity index (χ4n) is 13.2. The molecule has 1 aliphatic heterocycles. The van der Waals surface area contributed by atoms with E-state index in [-0.39, 0.29) is 39.5 Å². The number of rotatable bonds is 7. The number of ketones is 1. The molecule has 1 saturated heterocycles. The van der Waals surface area contributed by atoms with Crippen LogP contribution in [0.15, 0.2) is 11.6 Å². The van der Waals surface area contributed by atoms with Crippen LogP contribution in [0.2, 0.25) is 0 Å². The van der Waals surface area contributed by atoms with Crippen LogP contribution in [0.3, 0.4) is 0 Å². The largest absolute Gasteiger partial charge is 0.456 e. The maximum Gasteiger partial charge on any atom is 0.303 e. The van der Waals surface area contributed by atoms with E-state index in [1.54, 1.807) is 0 Å². The number of carbonyl (C=O) groups is 5. The number of fused-ring (bicyclic) bond motifs is 7. The predicted octanol–water partition coefficient (Wildman–Crippen LogP) is 6.41. The van der Waals surface area contributed by atoms with E-state index >= 15 is 0 Å². The Balaban J connectivity index is 1.43. The Kier molecular flexibility index (Phi) is 10.1. The number of Topliss-reactive ketones (excluding diaryl/α,β-unsaturated/α-hetero) is 1. The molecule has 6 unspecified atom stereocenters. The van der Waals surface area contributed by atoms with Gasteiger partial charge in [0.15, 0.2) is 12.2 Å². The highest BCUT2D eigenvalue weighted by Gasteiger charge is 2.70. The molecule has 11 nitrogen and oxygen atoms in total. The maximum absolute atomic E-state index is 13.2. The van der Waals surface area contributed by atoms with E-state index in [1.807, 2.05) is 0 Å². The smallest absolute Gasteiger partial charge is 0.303 e. The Labute approximate surface area is 314 Å². The molecule has 11 heteroatoms. The minimum Gasteiger partial charge on any atom is -0.456 e. The lowest BCUT2D eigenvalue weighted by Gasteiger charge is -2.71. The van der Waals surface area contributed by atoms with Gasteiger partial charge in [-0.25, -0.2) is 0 Å². The number of aliphatic hydroxyl groups excluding tert-OH is 1. The number of carbonyl (C=O) groups excluding carboxylic acids is 5. The van der Waals surface area contributed by atoms with Crippen LogP contribution >= 0.6 is 0 Å². The highest BCUT2D eigenvalue weighted by Crippen LogP contribution is 2.76. The van der Waals surface area contributed by atoms with Crippen molar-refractivity contribution in [3.05, 3.63) is 11.6 Å². The second-order valence-corrected chi connectivity index (χ2v) is 19.5. The SMILES string of the molecule is CC(=O)OC1[C@H](C(O)[C@]23CCC(C)(C)CC2C2=CCC4[C@@]5(C)CCC(=O)C(C)(C)C5CC[C@@]4(C)[C@]2(C)CC3)OC(OC=O)[C@@H](OC(C)=O)[C@@H]1OC(C)=O. The fraction of sp³-hybridized carbons (Fsp3) is 0.833. The number of esters is 3. The van der Waals surface area contributed by atoms with Gasteiger partial charge in [-0.2, -0.15) is 0 Å². The topological polar surface area (TPSA) is 152 Å². The molecule has 0 radical (unpaired) electrons. The standard InChI is InChI=1S/C42H62O11/c1-23(44)50-31-32(51-24(2)45)34(52-25(3)46)36(49-22-43)53-33(31)35(48)42-19-17-37(4,5)21-27(42)26-11-12-29-39(8)15-14-30(47)38(6,7)28(39)13-16-41(29,10)40(26,9)18-20-42/h11,22,27-29,31-36,48H,12-21H2,1-10H3/t27?,28?,29?,31?,32-,33-,34+,35?,36?,39+,40-,41-,42+/m1/s1. The molecule has 6 rings (SSSR count). The number of hydrogen-bond acceptors (Lipinski definition) is 11. The van der Waals surface area contributed by atoms with Gasteiger partial charge in [0.2, 0.25) is 12.4 Å². The summed E-state index contributed by atoms with van der Waals surface area (Å²) < 4.78 is 28.6. The van der Waals surface area contributed by atoms with Gasteiger partial charge in [-0.3, -0.25) is 24.0 Å². The molecule has 6 aliphatic rings. The second-order valence-electron chi connectivity index (χ2n) is 19.5. The van der Waals surface area contributed by atoms with Crippen LogP contribution in [0, 0.1) is 50.2 Å². The molecule has 1 heterocycles. The van der Waals surface area contributed by atoms with Crippen molar-refractivity contribution in [1.82, 2.24) is 0 Å². The summed E-state index contributed by atoms with van der Waals surface area (Å²) in [7, 11) is 0. The molecule has 13 atom stereocenters. The molecular formula is C42H62O11. The van der Waals surface area contributed by atoms with Gasteiger partial charge in [0.25, 0.3) is 6.47 Å². The summed E-state index contributed by atoms with van der Waals surface area (Å²) in [5.41, 5.74) is 0.130. The highest BCUT2D eigenvalue weighted by molar-refractivity contribution is 5.85. The number of ether oxygens (including phenoxy) is 5. The van der Waals surface area contributed by atoms with Gasteiger partial charge in [0, 0.05) is 38.0 Å². The van der Waals surface area contributed by atoms with Gasteiger partial charge in [-0.15, -0.1) is 0 Å². The first-order chi connectivity index (χ1) is 24.6. The van der Waals surface area contributed by atoms with Gasteiger partial charge in [0.1, 0.15) is 11.9 Å². The molecule has 53 heavy (non-hydrogen) atoms. The fourth-order valence-corrected chi connectivity index (χ4v) is 13.2. The van der Waals surface area contributed by atoms with E-state index < -0.39 is 60.1 Å². The average molecular weight is 743 g/mol. The Hall–Kier alpha value is -2.79. The Morgan fingerprint density at radius 2 is 1.43 bits per heavy atom. The summed E-state index contributed by atoms with van der Waals surface area (Å²) in [5.74, 6) is -1.12. The van der Waals surface area contributed by atoms with Crippen LogP contribution in [0.4, 0.5) is 0 Å². The zero-order valence-electron chi connectivity index (χ0n) is 33.5. The first-order valence-corrected chi connectivity index (χ1v) is 19.8. The Bertz CT molecular complexity index is 1550. The van der Waals surface area contributed by atoms with Crippen LogP contribution < -0.4 is 0 Å². The third-order valence-electron chi connectivity index (χ3n) is 16.0. The van der Waals surface area contributed by atoms with Crippen molar-refractivity contribution in [1.29, 1.82) is 0 Å². The predicted molar refractivity (Wildman–Crippen MR) is 193 cm³/mol. The number of aliphatic hydroxyl groups is 1. The molecule has 0 bridgehead atoms. The molecule has 0 amide bonds. The molecule has 0 aromatic carbocycles. The summed E-state index contributed by atoms with van der Waals surface area (Å²) in [4.78, 5) is 62.3. The van der Waals surface area contributed by atoms with Crippen LogP contribution in [0.5, 0.6) is 0 Å². The van der Waals surface area contributed by atoms with Gasteiger partial charge < -0.3 is 28.8 Å². The third-order valence-corrected chi connectivity index (χ3v) is 16.0. The summed E-state index contributed by atoms with van der Waals surface area (Å²) in [6.45, 7) is 20.0. The average Bonchev–Trinajstić information content (AvgIpc) is 3.05. The molecule has 5 aliphatic carbocycles. The van der Waals surface area contributed by atoms with Crippen molar-refractivity contribution in [2.75, 3.05) is 0 Å². The Morgan fingerprint density at radius 3 is 2.06 bits per heavy atom. The second kappa shape index (κ2) is 13.5. The first kappa shape index (κ1) is 39.9. The molecule has 296 valence electrons. The number of allylic oxidation sites excluding steroid dienone is 2. The minimum atomic E-state index is -1.54. The lowest BCUT2D eigenvalue weighted by Crippen LogP contribution is -2.69. The van der Waals surface area contributed by atoms with E-state index in [4.69, 9.17) is 23.7 Å². The zero-order valence-corrected chi connectivity index (χ0v) is 33.5. The van der Waals surface area contributed by atoms with Gasteiger partial charge in [-0.05, 0) is 97.2 Å². The molecule has 4 saturated carbocycles. The number of hydrogen-bond donors (Lipinski definition) is 1. The lowest BCUT2D eigenvalue weighted by molar-refractivity contribution is -0.317. The van der Waals surface area contributed by atoms with Crippen molar-refractivity contribution in [2.45, 2.75) is 170 Å². The summed E-state index contributed by atoms with van der Waals surface area (Å²) in [6, 6.07) is 0. The van der Waals surface area contributed by atoms with Crippen LogP contribution in [0.1, 0.15) is 133 Å². The van der Waals surface area contributed by atoms with Crippen molar-refractivity contribution in [2.24, 2.45) is 50.2 Å². The molecule has 0 aromatic rings. The van der Waals surface area contributed by atoms with Crippen molar-refractivity contribution < 1.29 is 52.8 Å². The third kappa shape index (κ3) is 6.18. The monoisotopic (exact) mass is 742 g/mol. The van der Waals surface area contributed by atoms with Gasteiger partial charge >= 0.3 is 17.9 Å². The van der Waals surface area contributed by atoms with E-state index in [0.29, 0.717) is 36.9 Å². The van der Waals surface area contributed by atoms with Crippen LogP contribution in [-0.4, -0.2) is 72.1 Å². The molecular weight excluding hydrogens is 680 g/mol. The van der Waals surface area contributed by atoms with Gasteiger partial charge in [-0.1, -0.05) is 60.1 Å².